The average molecular weight is 346 g/mol. The molecule has 5 nitrogen and oxygen atoms in total. The highest BCUT2D eigenvalue weighted by Gasteiger charge is 2.75. The van der Waals surface area contributed by atoms with Gasteiger partial charge in [0.05, 0.1) is 17.3 Å². The Morgan fingerprint density at radius 1 is 1.20 bits per heavy atom. The van der Waals surface area contributed by atoms with E-state index in [1.807, 2.05) is 0 Å². The Morgan fingerprint density at radius 2 is 2.00 bits per heavy atom. The molecule has 136 valence electrons. The van der Waals surface area contributed by atoms with Crippen LogP contribution in [0.1, 0.15) is 52.9 Å². The molecule has 2 saturated heterocycles. The smallest absolute Gasteiger partial charge is 0.312 e. The van der Waals surface area contributed by atoms with Crippen LogP contribution in [-0.2, 0) is 23.8 Å². The number of hydrogen-bond donors (Lipinski definition) is 0. The van der Waals surface area contributed by atoms with Gasteiger partial charge in [0.1, 0.15) is 12.7 Å². The van der Waals surface area contributed by atoms with E-state index in [1.165, 1.54) is 0 Å². The van der Waals surface area contributed by atoms with Gasteiger partial charge in [-0.05, 0) is 38.2 Å². The van der Waals surface area contributed by atoms with Crippen LogP contribution >= 0.6 is 0 Å². The molecular formula is C20H26O5. The standard InChI is InChI=1S/C20H26O5/c1-12-9-13-15-17(2,16(22)24-13)5-4-6-18(15,3)20(12)10-14(21)19(25-20)7-8-23-11-19/h7-8,12-13,15H,4-6,9-11H2,1-3H3/t12-,13-,15+,17+,18+,19-,20-/m1/s1. The van der Waals surface area contributed by atoms with E-state index < -0.39 is 16.6 Å². The lowest BCUT2D eigenvalue weighted by Gasteiger charge is -2.61. The number of rotatable bonds is 0. The van der Waals surface area contributed by atoms with E-state index in [-0.39, 0.29) is 41.7 Å². The molecule has 5 heteroatoms. The van der Waals surface area contributed by atoms with E-state index in [1.54, 1.807) is 12.3 Å². The highest BCUT2D eigenvalue weighted by atomic mass is 16.6. The van der Waals surface area contributed by atoms with Gasteiger partial charge in [0.2, 0.25) is 0 Å². The lowest BCUT2D eigenvalue weighted by atomic mass is 9.44. The lowest BCUT2D eigenvalue weighted by molar-refractivity contribution is -0.245. The number of ether oxygens (including phenoxy) is 3. The minimum absolute atomic E-state index is 0.0472. The van der Waals surface area contributed by atoms with Crippen LogP contribution in [0.25, 0.3) is 0 Å². The van der Waals surface area contributed by atoms with E-state index in [0.717, 1.165) is 25.7 Å². The summed E-state index contributed by atoms with van der Waals surface area (Å²) in [6, 6.07) is 0. The zero-order valence-electron chi connectivity index (χ0n) is 15.2. The van der Waals surface area contributed by atoms with Crippen LogP contribution in [-0.4, -0.2) is 35.7 Å². The summed E-state index contributed by atoms with van der Waals surface area (Å²) in [4.78, 5) is 25.7. The summed E-state index contributed by atoms with van der Waals surface area (Å²) in [7, 11) is 0. The first-order valence-corrected chi connectivity index (χ1v) is 9.51. The zero-order chi connectivity index (χ0) is 17.7. The van der Waals surface area contributed by atoms with E-state index in [9.17, 15) is 9.59 Å². The molecule has 0 N–H and O–H groups in total. The van der Waals surface area contributed by atoms with Gasteiger partial charge in [-0.3, -0.25) is 9.59 Å². The molecule has 2 aliphatic carbocycles. The number of esters is 1. The normalized spacial score (nSPS) is 56.4. The first-order valence-electron chi connectivity index (χ1n) is 9.51. The highest BCUT2D eigenvalue weighted by molar-refractivity contribution is 5.93. The van der Waals surface area contributed by atoms with Crippen molar-refractivity contribution in [2.24, 2.45) is 22.7 Å². The summed E-state index contributed by atoms with van der Waals surface area (Å²) in [5, 5.41) is 0. The Morgan fingerprint density at radius 3 is 2.72 bits per heavy atom. The van der Waals surface area contributed by atoms with Crippen LogP contribution < -0.4 is 0 Å². The van der Waals surface area contributed by atoms with Crippen LogP contribution in [0.2, 0.25) is 0 Å². The molecule has 0 unspecified atom stereocenters. The molecule has 0 radical (unpaired) electrons. The Bertz CT molecular complexity index is 700. The van der Waals surface area contributed by atoms with Crippen molar-refractivity contribution < 1.29 is 23.8 Å². The Kier molecular flexibility index (Phi) is 2.84. The molecule has 5 rings (SSSR count). The topological polar surface area (TPSA) is 61.8 Å². The number of ketones is 1. The van der Waals surface area contributed by atoms with Gasteiger partial charge in [-0.25, -0.2) is 0 Å². The highest BCUT2D eigenvalue weighted by Crippen LogP contribution is 2.70. The Hall–Kier alpha value is -1.36. The van der Waals surface area contributed by atoms with Gasteiger partial charge >= 0.3 is 5.97 Å². The van der Waals surface area contributed by atoms with Gasteiger partial charge in [-0.15, -0.1) is 0 Å². The van der Waals surface area contributed by atoms with Gasteiger partial charge in [-0.1, -0.05) is 20.3 Å². The second-order valence-corrected chi connectivity index (χ2v) is 9.34. The molecule has 3 heterocycles. The summed E-state index contributed by atoms with van der Waals surface area (Å²) in [6.07, 6.45) is 7.31. The predicted octanol–water partition coefficient (Wildman–Crippen LogP) is 2.78. The minimum Gasteiger partial charge on any atom is -0.498 e. The number of carbonyl (C=O) groups excluding carboxylic acids is 2. The van der Waals surface area contributed by atoms with Crippen molar-refractivity contribution in [3.63, 3.8) is 0 Å². The number of hydrogen-bond acceptors (Lipinski definition) is 5. The summed E-state index contributed by atoms with van der Waals surface area (Å²) in [5.74, 6) is 0.335. The molecule has 7 atom stereocenters. The fourth-order valence-electron chi connectivity index (χ4n) is 7.00. The summed E-state index contributed by atoms with van der Waals surface area (Å²) in [6.45, 7) is 6.74. The van der Waals surface area contributed by atoms with Crippen molar-refractivity contribution in [1.29, 1.82) is 0 Å². The van der Waals surface area contributed by atoms with Crippen molar-refractivity contribution >= 4 is 11.8 Å². The molecule has 0 bridgehead atoms. The average Bonchev–Trinajstić information content (AvgIpc) is 3.19. The molecule has 0 aromatic rings. The van der Waals surface area contributed by atoms with Crippen molar-refractivity contribution in [1.82, 2.24) is 0 Å². The van der Waals surface area contributed by atoms with Crippen LogP contribution in [0, 0.1) is 22.7 Å². The van der Waals surface area contributed by atoms with Crippen LogP contribution in [0.5, 0.6) is 0 Å². The van der Waals surface area contributed by atoms with Gasteiger partial charge < -0.3 is 14.2 Å². The molecular weight excluding hydrogens is 320 g/mol. The Balaban J connectivity index is 1.65. The maximum Gasteiger partial charge on any atom is 0.312 e. The molecule has 0 amide bonds. The maximum atomic E-state index is 13.0. The monoisotopic (exact) mass is 346 g/mol. The molecule has 0 aromatic heterocycles. The van der Waals surface area contributed by atoms with Gasteiger partial charge in [0.15, 0.2) is 11.4 Å². The SMILES string of the molecule is C[C@@H]1C[C@H]2OC(=O)[C@@]3(C)CCC[C@@](C)([C@@H]23)[C@@]12CC(=O)[C@]1(C=COC1)O2. The van der Waals surface area contributed by atoms with Gasteiger partial charge in [-0.2, -0.15) is 0 Å². The molecule has 4 fully saturated rings. The first kappa shape index (κ1) is 15.9. The predicted molar refractivity (Wildman–Crippen MR) is 88.5 cm³/mol. The van der Waals surface area contributed by atoms with Crippen molar-refractivity contribution in [2.45, 2.75) is 70.2 Å². The zero-order valence-corrected chi connectivity index (χ0v) is 15.2. The summed E-state index contributed by atoms with van der Waals surface area (Å²) >= 11 is 0. The van der Waals surface area contributed by atoms with Crippen molar-refractivity contribution in [2.75, 3.05) is 6.61 Å². The third-order valence-electron chi connectivity index (χ3n) is 8.20. The summed E-state index contributed by atoms with van der Waals surface area (Å²) < 4.78 is 17.9. The van der Waals surface area contributed by atoms with Crippen LogP contribution in [0.15, 0.2) is 12.3 Å². The third kappa shape index (κ3) is 1.60. The fraction of sp³-hybridized carbons (Fsp3) is 0.800. The van der Waals surface area contributed by atoms with Crippen molar-refractivity contribution in [3.8, 4) is 0 Å². The quantitative estimate of drug-likeness (QED) is 0.631. The van der Waals surface area contributed by atoms with Gasteiger partial charge in [0, 0.05) is 17.8 Å². The maximum absolute atomic E-state index is 13.0. The molecule has 25 heavy (non-hydrogen) atoms. The van der Waals surface area contributed by atoms with Gasteiger partial charge in [0.25, 0.3) is 0 Å². The second kappa shape index (κ2) is 4.48. The minimum atomic E-state index is -0.929. The van der Waals surface area contributed by atoms with Crippen LogP contribution in [0.4, 0.5) is 0 Å². The van der Waals surface area contributed by atoms with Crippen LogP contribution in [0.3, 0.4) is 0 Å². The molecule has 2 spiro atoms. The fourth-order valence-corrected chi connectivity index (χ4v) is 7.00. The first-order chi connectivity index (χ1) is 11.8. The molecule has 2 saturated carbocycles. The van der Waals surface area contributed by atoms with E-state index >= 15 is 0 Å². The Labute approximate surface area is 148 Å². The largest absolute Gasteiger partial charge is 0.498 e. The molecule has 5 aliphatic rings. The number of Topliss-reactive ketones (excluding diaryl/α,β-unsaturated/α-hetero) is 1. The number of carbonyl (C=O) groups is 2. The molecule has 0 aromatic carbocycles. The summed E-state index contributed by atoms with van der Waals surface area (Å²) in [5.41, 5.74) is -2.17. The van der Waals surface area contributed by atoms with Crippen molar-refractivity contribution in [3.05, 3.63) is 12.3 Å². The van der Waals surface area contributed by atoms with E-state index in [4.69, 9.17) is 14.2 Å². The van der Waals surface area contributed by atoms with E-state index in [2.05, 4.69) is 20.8 Å². The number of fused-ring (bicyclic) bond motifs is 1. The second-order valence-electron chi connectivity index (χ2n) is 9.34. The molecule has 3 aliphatic heterocycles. The van der Waals surface area contributed by atoms with E-state index in [0.29, 0.717) is 6.42 Å². The third-order valence-corrected chi connectivity index (χ3v) is 8.20. The lowest BCUT2D eigenvalue weighted by Crippen LogP contribution is -2.65.